The second kappa shape index (κ2) is 7.10. The summed E-state index contributed by atoms with van der Waals surface area (Å²) >= 11 is 0. The summed E-state index contributed by atoms with van der Waals surface area (Å²) in [5.41, 5.74) is 2.77. The number of benzene rings is 2. The summed E-state index contributed by atoms with van der Waals surface area (Å²) < 4.78 is 23.3. The summed E-state index contributed by atoms with van der Waals surface area (Å²) in [6, 6.07) is 9.05. The van der Waals surface area contributed by atoms with Gasteiger partial charge in [-0.25, -0.2) is 4.68 Å². The molecule has 0 spiro atoms. The van der Waals surface area contributed by atoms with E-state index in [0.717, 1.165) is 11.3 Å². The van der Waals surface area contributed by atoms with Gasteiger partial charge in [0.2, 0.25) is 18.4 Å². The maximum Gasteiger partial charge on any atom is 0.231 e. The molecule has 1 amide bonds. The van der Waals surface area contributed by atoms with Crippen LogP contribution in [0, 0.1) is 0 Å². The van der Waals surface area contributed by atoms with E-state index < -0.39 is 0 Å². The molecule has 0 saturated carbocycles. The number of ether oxygens (including phenoxy) is 4. The molecule has 0 aliphatic carbocycles. The minimum absolute atomic E-state index is 0.137. The molecule has 9 nitrogen and oxygen atoms in total. The molecule has 1 aliphatic heterocycles. The molecule has 28 heavy (non-hydrogen) atoms. The van der Waals surface area contributed by atoms with Crippen LogP contribution in [0.25, 0.3) is 16.9 Å². The largest absolute Gasteiger partial charge is 0.495 e. The highest BCUT2D eigenvalue weighted by Gasteiger charge is 2.22. The molecule has 0 saturated heterocycles. The fourth-order valence-corrected chi connectivity index (χ4v) is 3.02. The van der Waals surface area contributed by atoms with Crippen molar-refractivity contribution >= 4 is 11.6 Å². The van der Waals surface area contributed by atoms with Crippen LogP contribution >= 0.6 is 0 Å². The second-order valence-electron chi connectivity index (χ2n) is 6.01. The summed E-state index contributed by atoms with van der Waals surface area (Å²) in [6.45, 7) is 1.58. The third-order valence-corrected chi connectivity index (χ3v) is 4.24. The fraction of sp³-hybridized carbons (Fsp3) is 0.211. The first-order valence-corrected chi connectivity index (χ1v) is 8.45. The van der Waals surface area contributed by atoms with E-state index >= 15 is 0 Å². The summed E-state index contributed by atoms with van der Waals surface area (Å²) in [6.07, 6.45) is 1.64. The van der Waals surface area contributed by atoms with Gasteiger partial charge in [-0.1, -0.05) is 5.21 Å². The number of anilines is 1. The molecule has 3 aromatic rings. The smallest absolute Gasteiger partial charge is 0.231 e. The quantitative estimate of drug-likeness (QED) is 0.724. The number of aromatic nitrogens is 3. The van der Waals surface area contributed by atoms with E-state index in [9.17, 15) is 4.79 Å². The van der Waals surface area contributed by atoms with Gasteiger partial charge in [-0.3, -0.25) is 4.79 Å². The Morgan fingerprint density at radius 1 is 1.14 bits per heavy atom. The molecule has 2 aromatic carbocycles. The lowest BCUT2D eigenvalue weighted by atomic mass is 10.1. The normalized spacial score (nSPS) is 12.0. The lowest BCUT2D eigenvalue weighted by Gasteiger charge is -2.13. The number of fused-ring (bicyclic) bond motifs is 1. The van der Waals surface area contributed by atoms with Gasteiger partial charge in [-0.15, -0.1) is 5.10 Å². The Labute approximate surface area is 160 Å². The number of amides is 1. The predicted octanol–water partition coefficient (Wildman–Crippen LogP) is 2.64. The van der Waals surface area contributed by atoms with Crippen molar-refractivity contribution in [3.63, 3.8) is 0 Å². The van der Waals surface area contributed by atoms with E-state index in [0.29, 0.717) is 34.4 Å². The molecule has 0 radical (unpaired) electrons. The zero-order chi connectivity index (χ0) is 19.7. The van der Waals surface area contributed by atoms with Crippen molar-refractivity contribution in [2.45, 2.75) is 6.92 Å². The Hall–Kier alpha value is -3.75. The van der Waals surface area contributed by atoms with Crippen LogP contribution in [0.5, 0.6) is 23.0 Å². The standard InChI is InChI=1S/C19H18N4O5/c1-11(24)21-14-6-12(4-5-16(14)25-2)15-9-20-22-23(15)13-7-17(26-3)19-18(8-13)27-10-28-19/h4-9H,10H2,1-3H3,(H,21,24). The summed E-state index contributed by atoms with van der Waals surface area (Å²) in [5.74, 6) is 2.04. The molecular formula is C19H18N4O5. The highest BCUT2D eigenvalue weighted by atomic mass is 16.7. The van der Waals surface area contributed by atoms with E-state index in [1.165, 1.54) is 6.92 Å². The average molecular weight is 382 g/mol. The highest BCUT2D eigenvalue weighted by Crippen LogP contribution is 2.43. The minimum atomic E-state index is -0.192. The van der Waals surface area contributed by atoms with Crippen molar-refractivity contribution < 1.29 is 23.7 Å². The van der Waals surface area contributed by atoms with Gasteiger partial charge in [0.25, 0.3) is 0 Å². The van der Waals surface area contributed by atoms with Crippen LogP contribution in [0.2, 0.25) is 0 Å². The van der Waals surface area contributed by atoms with Crippen LogP contribution in [0.1, 0.15) is 6.92 Å². The molecule has 2 heterocycles. The zero-order valence-electron chi connectivity index (χ0n) is 15.6. The maximum atomic E-state index is 11.5. The van der Waals surface area contributed by atoms with Crippen molar-refractivity contribution in [2.24, 2.45) is 0 Å². The number of hydrogen-bond donors (Lipinski definition) is 1. The number of carbonyl (C=O) groups excluding carboxylic acids is 1. The molecular weight excluding hydrogens is 364 g/mol. The van der Waals surface area contributed by atoms with Gasteiger partial charge in [0.05, 0.1) is 37.5 Å². The Morgan fingerprint density at radius 2 is 1.96 bits per heavy atom. The second-order valence-corrected chi connectivity index (χ2v) is 6.01. The molecule has 1 aliphatic rings. The van der Waals surface area contributed by atoms with Crippen molar-refractivity contribution in [3.05, 3.63) is 36.5 Å². The first-order valence-electron chi connectivity index (χ1n) is 8.45. The topological polar surface area (TPSA) is 96.7 Å². The lowest BCUT2D eigenvalue weighted by molar-refractivity contribution is -0.114. The van der Waals surface area contributed by atoms with Gasteiger partial charge >= 0.3 is 0 Å². The first-order chi connectivity index (χ1) is 13.6. The fourth-order valence-electron chi connectivity index (χ4n) is 3.02. The van der Waals surface area contributed by atoms with E-state index in [1.807, 2.05) is 6.07 Å². The summed E-state index contributed by atoms with van der Waals surface area (Å²) in [5, 5.41) is 11.0. The Balaban J connectivity index is 1.80. The van der Waals surface area contributed by atoms with E-state index in [-0.39, 0.29) is 12.7 Å². The van der Waals surface area contributed by atoms with Gasteiger partial charge in [0.15, 0.2) is 11.5 Å². The van der Waals surface area contributed by atoms with Gasteiger partial charge in [-0.05, 0) is 18.2 Å². The monoisotopic (exact) mass is 382 g/mol. The maximum absolute atomic E-state index is 11.5. The molecule has 144 valence electrons. The predicted molar refractivity (Wildman–Crippen MR) is 100 cm³/mol. The number of nitrogens with one attached hydrogen (secondary N) is 1. The summed E-state index contributed by atoms with van der Waals surface area (Å²) in [4.78, 5) is 11.5. The Bertz CT molecular complexity index is 1050. The minimum Gasteiger partial charge on any atom is -0.495 e. The first kappa shape index (κ1) is 17.7. The van der Waals surface area contributed by atoms with Crippen molar-refractivity contribution in [2.75, 3.05) is 26.3 Å². The third-order valence-electron chi connectivity index (χ3n) is 4.24. The molecule has 4 rings (SSSR count). The van der Waals surface area contributed by atoms with Crippen LogP contribution in [0.3, 0.4) is 0 Å². The van der Waals surface area contributed by atoms with Gasteiger partial charge in [0.1, 0.15) is 5.75 Å². The molecule has 0 fully saturated rings. The number of rotatable bonds is 5. The molecule has 1 N–H and O–H groups in total. The van der Waals surface area contributed by atoms with E-state index in [4.69, 9.17) is 18.9 Å². The molecule has 0 unspecified atom stereocenters. The average Bonchev–Trinajstić information content (AvgIpc) is 3.35. The van der Waals surface area contributed by atoms with Gasteiger partial charge < -0.3 is 24.3 Å². The van der Waals surface area contributed by atoms with Crippen molar-refractivity contribution in [3.8, 4) is 39.9 Å². The SMILES string of the molecule is COc1ccc(-c2cnnn2-c2cc(OC)c3c(c2)OCO3)cc1NC(C)=O. The Morgan fingerprint density at radius 3 is 2.71 bits per heavy atom. The molecule has 9 heteroatoms. The van der Waals surface area contributed by atoms with E-state index in [1.54, 1.807) is 49.4 Å². The van der Waals surface area contributed by atoms with Gasteiger partial charge in [0, 0.05) is 24.6 Å². The van der Waals surface area contributed by atoms with Crippen LogP contribution in [-0.4, -0.2) is 41.9 Å². The third kappa shape index (κ3) is 3.07. The number of methoxy groups -OCH3 is 2. The number of hydrogen-bond acceptors (Lipinski definition) is 7. The lowest BCUT2D eigenvalue weighted by Crippen LogP contribution is -2.07. The van der Waals surface area contributed by atoms with Crippen LogP contribution in [0.4, 0.5) is 5.69 Å². The van der Waals surface area contributed by atoms with Crippen molar-refractivity contribution in [1.29, 1.82) is 0 Å². The van der Waals surface area contributed by atoms with Crippen LogP contribution < -0.4 is 24.3 Å². The summed E-state index contributed by atoms with van der Waals surface area (Å²) in [7, 11) is 3.11. The molecule has 0 atom stereocenters. The van der Waals surface area contributed by atoms with Crippen LogP contribution in [0.15, 0.2) is 36.5 Å². The van der Waals surface area contributed by atoms with E-state index in [2.05, 4.69) is 15.6 Å². The molecule has 1 aromatic heterocycles. The van der Waals surface area contributed by atoms with Crippen molar-refractivity contribution in [1.82, 2.24) is 15.0 Å². The molecule has 0 bridgehead atoms. The van der Waals surface area contributed by atoms with Crippen LogP contribution in [-0.2, 0) is 4.79 Å². The Kier molecular flexibility index (Phi) is 4.48. The van der Waals surface area contributed by atoms with Gasteiger partial charge in [-0.2, -0.15) is 0 Å². The number of nitrogens with zero attached hydrogens (tertiary/aromatic N) is 3. The zero-order valence-corrected chi connectivity index (χ0v) is 15.6. The highest BCUT2D eigenvalue weighted by molar-refractivity contribution is 5.91. The number of carbonyl (C=O) groups is 1.